The molecule has 0 spiro atoms. The Morgan fingerprint density at radius 1 is 1.06 bits per heavy atom. The summed E-state index contributed by atoms with van der Waals surface area (Å²) in [5.74, 6) is 1.39. The smallest absolute Gasteiger partial charge is 0.248 e. The first-order valence-corrected chi connectivity index (χ1v) is 10.4. The number of rotatable bonds is 5. The van der Waals surface area contributed by atoms with Crippen LogP contribution in [0.1, 0.15) is 6.42 Å². The van der Waals surface area contributed by atoms with Gasteiger partial charge in [-0.25, -0.2) is 4.98 Å². The van der Waals surface area contributed by atoms with Gasteiger partial charge in [-0.05, 0) is 56.2 Å². The third-order valence-corrected chi connectivity index (χ3v) is 5.87. The molecule has 1 fully saturated rings. The molecule has 5 rings (SSSR count). The lowest BCUT2D eigenvalue weighted by atomic mass is 10.1. The topological polar surface area (TPSA) is 88.1 Å². The van der Waals surface area contributed by atoms with E-state index in [0.29, 0.717) is 17.8 Å². The van der Waals surface area contributed by atoms with E-state index in [-0.39, 0.29) is 5.95 Å². The minimum atomic E-state index is 0.287. The normalized spacial score (nSPS) is 16.4. The largest absolute Gasteiger partial charge is 0.370 e. The summed E-state index contributed by atoms with van der Waals surface area (Å²) in [6.45, 7) is 2.14. The lowest BCUT2D eigenvalue weighted by molar-refractivity contribution is 0.315. The molecule has 0 bridgehead atoms. The molecule has 2 aromatic carbocycles. The molecule has 0 unspecified atom stereocenters. The molecule has 31 heavy (non-hydrogen) atoms. The number of anilines is 4. The van der Waals surface area contributed by atoms with Gasteiger partial charge < -0.3 is 20.9 Å². The molecule has 1 aliphatic rings. The molecular formula is C23H26N8. The first-order valence-electron chi connectivity index (χ1n) is 10.4. The van der Waals surface area contributed by atoms with Crippen LogP contribution in [0.25, 0.3) is 16.6 Å². The summed E-state index contributed by atoms with van der Waals surface area (Å²) in [6.07, 6.45) is 2.94. The number of nitrogens with zero attached hydrogens (tertiary/aromatic N) is 6. The molecule has 8 heteroatoms. The number of nitrogen functional groups attached to an aromatic ring is 1. The Hall–Kier alpha value is -3.65. The second-order valence-corrected chi connectivity index (χ2v) is 8.09. The van der Waals surface area contributed by atoms with Crippen molar-refractivity contribution in [3.8, 4) is 5.82 Å². The maximum Gasteiger partial charge on any atom is 0.248 e. The molecule has 1 atom stereocenters. The van der Waals surface area contributed by atoms with Gasteiger partial charge in [0.15, 0.2) is 5.82 Å². The van der Waals surface area contributed by atoms with Gasteiger partial charge in [0.1, 0.15) is 0 Å². The highest BCUT2D eigenvalue weighted by Crippen LogP contribution is 2.26. The van der Waals surface area contributed by atoms with Gasteiger partial charge in [0.05, 0.1) is 0 Å². The number of pyridine rings is 1. The quantitative estimate of drug-likeness (QED) is 0.518. The average molecular weight is 415 g/mol. The Morgan fingerprint density at radius 2 is 1.87 bits per heavy atom. The zero-order valence-corrected chi connectivity index (χ0v) is 17.7. The average Bonchev–Trinajstić information content (AvgIpc) is 3.41. The zero-order chi connectivity index (χ0) is 21.4. The number of hydrogen-bond donors (Lipinski definition) is 2. The number of nitrogens with two attached hydrogens (primary N) is 1. The van der Waals surface area contributed by atoms with Crippen molar-refractivity contribution in [3.63, 3.8) is 0 Å². The van der Waals surface area contributed by atoms with Gasteiger partial charge in [0.2, 0.25) is 11.9 Å². The second kappa shape index (κ2) is 7.88. The van der Waals surface area contributed by atoms with Crippen LogP contribution in [0.4, 0.5) is 23.3 Å². The van der Waals surface area contributed by atoms with Crippen LogP contribution in [0.3, 0.4) is 0 Å². The number of aromatic nitrogens is 4. The maximum absolute atomic E-state index is 6.16. The summed E-state index contributed by atoms with van der Waals surface area (Å²) >= 11 is 0. The van der Waals surface area contributed by atoms with Gasteiger partial charge in [-0.15, -0.1) is 5.10 Å². The van der Waals surface area contributed by atoms with Crippen molar-refractivity contribution < 1.29 is 0 Å². The minimum Gasteiger partial charge on any atom is -0.370 e. The van der Waals surface area contributed by atoms with Crippen molar-refractivity contribution in [3.05, 3.63) is 60.8 Å². The van der Waals surface area contributed by atoms with Crippen molar-refractivity contribution in [2.75, 3.05) is 43.1 Å². The van der Waals surface area contributed by atoms with Gasteiger partial charge in [-0.2, -0.15) is 9.67 Å². The molecule has 0 aliphatic carbocycles. The van der Waals surface area contributed by atoms with E-state index in [0.717, 1.165) is 29.5 Å². The Morgan fingerprint density at radius 3 is 2.65 bits per heavy atom. The van der Waals surface area contributed by atoms with Gasteiger partial charge in [0, 0.05) is 42.1 Å². The summed E-state index contributed by atoms with van der Waals surface area (Å²) < 4.78 is 1.57. The standard InChI is InChI=1S/C23H26N8/c1-29(2)19-12-14-30(15-19)18-9-7-17(8-10-18)26-23-27-22(24)31(28-23)21-20-6-4-3-5-16(20)11-13-25-21/h3-11,13,19H,12,14-15H2,1-2H3,(H3,24,26,27,28)/t19-/m1/s1. The van der Waals surface area contributed by atoms with Crippen LogP contribution in [-0.2, 0) is 0 Å². The molecular weight excluding hydrogens is 388 g/mol. The Balaban J connectivity index is 1.35. The van der Waals surface area contributed by atoms with E-state index in [9.17, 15) is 0 Å². The van der Waals surface area contributed by atoms with Crippen molar-refractivity contribution in [2.24, 2.45) is 0 Å². The molecule has 0 saturated carbocycles. The van der Waals surface area contributed by atoms with Crippen molar-refractivity contribution in [1.29, 1.82) is 0 Å². The van der Waals surface area contributed by atoms with Gasteiger partial charge >= 0.3 is 0 Å². The number of nitrogens with one attached hydrogen (secondary N) is 1. The summed E-state index contributed by atoms with van der Waals surface area (Å²) in [5, 5.41) is 9.84. The fourth-order valence-electron chi connectivity index (χ4n) is 4.09. The fraction of sp³-hybridized carbons (Fsp3) is 0.261. The van der Waals surface area contributed by atoms with E-state index in [2.05, 4.69) is 56.4 Å². The molecule has 2 aromatic heterocycles. The Bertz CT molecular complexity index is 1190. The molecule has 1 saturated heterocycles. The molecule has 0 amide bonds. The predicted molar refractivity (Wildman–Crippen MR) is 125 cm³/mol. The fourth-order valence-corrected chi connectivity index (χ4v) is 4.09. The third-order valence-electron chi connectivity index (χ3n) is 5.87. The van der Waals surface area contributed by atoms with Gasteiger partial charge in [0.25, 0.3) is 0 Å². The van der Waals surface area contributed by atoms with E-state index < -0.39 is 0 Å². The number of benzene rings is 2. The van der Waals surface area contributed by atoms with Crippen molar-refractivity contribution >= 4 is 34.0 Å². The molecule has 158 valence electrons. The van der Waals surface area contributed by atoms with Crippen LogP contribution in [0, 0.1) is 0 Å². The van der Waals surface area contributed by atoms with Crippen LogP contribution in [0.5, 0.6) is 0 Å². The van der Waals surface area contributed by atoms with E-state index in [1.165, 1.54) is 12.1 Å². The number of hydrogen-bond acceptors (Lipinski definition) is 7. The summed E-state index contributed by atoms with van der Waals surface area (Å²) in [7, 11) is 4.29. The Labute approximate surface area is 181 Å². The lowest BCUT2D eigenvalue weighted by Gasteiger charge is -2.22. The molecule has 4 aromatic rings. The number of fused-ring (bicyclic) bond motifs is 1. The van der Waals surface area contributed by atoms with Crippen molar-refractivity contribution in [2.45, 2.75) is 12.5 Å². The van der Waals surface area contributed by atoms with Crippen LogP contribution < -0.4 is 16.0 Å². The monoisotopic (exact) mass is 414 g/mol. The molecule has 0 radical (unpaired) electrons. The van der Waals surface area contributed by atoms with Crippen LogP contribution >= 0.6 is 0 Å². The maximum atomic E-state index is 6.16. The first-order chi connectivity index (χ1) is 15.1. The van der Waals surface area contributed by atoms with Crippen LogP contribution in [0.2, 0.25) is 0 Å². The second-order valence-electron chi connectivity index (χ2n) is 8.09. The van der Waals surface area contributed by atoms with Gasteiger partial charge in [-0.1, -0.05) is 24.3 Å². The zero-order valence-electron chi connectivity index (χ0n) is 17.7. The van der Waals surface area contributed by atoms with Crippen molar-refractivity contribution in [1.82, 2.24) is 24.6 Å². The predicted octanol–water partition coefficient (Wildman–Crippen LogP) is 3.28. The van der Waals surface area contributed by atoms with Crippen LogP contribution in [-0.4, -0.2) is 57.9 Å². The lowest BCUT2D eigenvalue weighted by Crippen LogP contribution is -2.31. The van der Waals surface area contributed by atoms with E-state index in [4.69, 9.17) is 5.73 Å². The highest BCUT2D eigenvalue weighted by atomic mass is 15.4. The number of likely N-dealkylation sites (N-methyl/N-ethyl adjacent to an activating group) is 1. The summed E-state index contributed by atoms with van der Waals surface area (Å²) in [5.41, 5.74) is 8.30. The minimum absolute atomic E-state index is 0.287. The summed E-state index contributed by atoms with van der Waals surface area (Å²) in [4.78, 5) is 13.6. The highest BCUT2D eigenvalue weighted by molar-refractivity contribution is 5.88. The van der Waals surface area contributed by atoms with E-state index in [1.807, 2.05) is 42.5 Å². The third kappa shape index (κ3) is 3.77. The molecule has 1 aliphatic heterocycles. The van der Waals surface area contributed by atoms with E-state index >= 15 is 0 Å². The van der Waals surface area contributed by atoms with E-state index in [1.54, 1.807) is 10.9 Å². The van der Waals surface area contributed by atoms with Crippen LogP contribution in [0.15, 0.2) is 60.8 Å². The van der Waals surface area contributed by atoms with Gasteiger partial charge in [-0.3, -0.25) is 0 Å². The Kier molecular flexibility index (Phi) is 4.91. The summed E-state index contributed by atoms with van der Waals surface area (Å²) in [6, 6.07) is 18.9. The molecule has 8 nitrogen and oxygen atoms in total. The molecule has 3 heterocycles. The highest BCUT2D eigenvalue weighted by Gasteiger charge is 2.24. The SMILES string of the molecule is CN(C)[C@@H]1CCN(c2ccc(Nc3nc(N)n(-c4nccc5ccccc45)n3)cc2)C1. The first kappa shape index (κ1) is 19.3. The molecule has 3 N–H and O–H groups in total.